The number of hydrogen-bond acceptors (Lipinski definition) is 6. The lowest BCUT2D eigenvalue weighted by Gasteiger charge is -2.59. The predicted octanol–water partition coefficient (Wildman–Crippen LogP) is 7.19. The zero-order valence-electron chi connectivity index (χ0n) is 25.6. The van der Waals surface area contributed by atoms with Crippen molar-refractivity contribution in [2.45, 2.75) is 137 Å². The molecule has 220 valence electrons. The smallest absolute Gasteiger partial charge is 0.303 e. The van der Waals surface area contributed by atoms with Crippen LogP contribution in [0.15, 0.2) is 11.6 Å². The molecule has 0 radical (unpaired) electrons. The zero-order chi connectivity index (χ0) is 28.8. The van der Waals surface area contributed by atoms with Gasteiger partial charge < -0.3 is 14.2 Å². The maximum Gasteiger partial charge on any atom is 0.303 e. The fraction of sp³-hybridized carbons (Fsp3) is 0.848. The maximum absolute atomic E-state index is 12.1. The summed E-state index contributed by atoms with van der Waals surface area (Å²) < 4.78 is 17.0. The Morgan fingerprint density at radius 2 is 1.64 bits per heavy atom. The predicted molar refractivity (Wildman–Crippen MR) is 151 cm³/mol. The van der Waals surface area contributed by atoms with Crippen LogP contribution in [0.25, 0.3) is 0 Å². The molecule has 0 N–H and O–H groups in total. The average Bonchev–Trinajstić information content (AvgIpc) is 3.16. The molecule has 0 saturated heterocycles. The lowest BCUT2D eigenvalue weighted by Crippen LogP contribution is -2.55. The first-order valence-electron chi connectivity index (χ1n) is 15.4. The monoisotopic (exact) mass is 544 g/mol. The Morgan fingerprint density at radius 3 is 2.28 bits per heavy atom. The van der Waals surface area contributed by atoms with Gasteiger partial charge in [0.05, 0.1) is 0 Å². The van der Waals surface area contributed by atoms with Crippen LogP contribution in [0.3, 0.4) is 0 Å². The number of ether oxygens (including phenoxy) is 3. The van der Waals surface area contributed by atoms with Crippen LogP contribution in [0, 0.1) is 40.4 Å². The van der Waals surface area contributed by atoms with Crippen molar-refractivity contribution in [2.24, 2.45) is 40.4 Å². The van der Waals surface area contributed by atoms with E-state index in [4.69, 9.17) is 14.2 Å². The highest BCUT2D eigenvalue weighted by Gasteiger charge is 2.60. The van der Waals surface area contributed by atoms with E-state index in [1.165, 1.54) is 58.4 Å². The Balaban J connectivity index is 1.48. The van der Waals surface area contributed by atoms with Gasteiger partial charge >= 0.3 is 17.9 Å². The van der Waals surface area contributed by atoms with Gasteiger partial charge in [-0.05, 0) is 118 Å². The number of carbonyl (C=O) groups is 3. The van der Waals surface area contributed by atoms with Gasteiger partial charge in [-0.25, -0.2) is 0 Å². The Morgan fingerprint density at radius 1 is 0.949 bits per heavy atom. The summed E-state index contributed by atoms with van der Waals surface area (Å²) in [6, 6.07) is 0. The summed E-state index contributed by atoms with van der Waals surface area (Å²) in [4.78, 5) is 35.3. The molecule has 0 amide bonds. The summed E-state index contributed by atoms with van der Waals surface area (Å²) in [5.74, 6) is 2.50. The van der Waals surface area contributed by atoms with Crippen molar-refractivity contribution in [3.8, 4) is 0 Å². The number of allylic oxidation sites excluding steroid dienone is 1. The molecule has 4 rings (SSSR count). The normalized spacial score (nSPS) is 38.4. The van der Waals surface area contributed by atoms with Gasteiger partial charge in [-0.15, -0.1) is 0 Å². The van der Waals surface area contributed by atoms with E-state index in [1.807, 2.05) is 13.8 Å². The van der Waals surface area contributed by atoms with Crippen LogP contribution in [0.1, 0.15) is 120 Å². The van der Waals surface area contributed by atoms with Crippen LogP contribution >= 0.6 is 0 Å². The van der Waals surface area contributed by atoms with Crippen LogP contribution in [0.2, 0.25) is 0 Å². The second-order valence-electron chi connectivity index (χ2n) is 14.4. The summed E-state index contributed by atoms with van der Waals surface area (Å²) in [5.41, 5.74) is 1.13. The van der Waals surface area contributed by atoms with Gasteiger partial charge in [0.1, 0.15) is 11.7 Å². The molecule has 4 aliphatic rings. The molecule has 0 bridgehead atoms. The standard InChI is InChI=1S/C33H52O6/c1-20(10-9-17-31(5,6)39-23(4)36)25-13-14-26-24-11-12-28-30(38-22(3)35)29(37-21(2)34)16-19-33(28,8)27(24)15-18-32(25,26)7/h12,20,24-27,29-30H,9-11,13-19H2,1-8H3/t20-,24+,25-,26+,27+,29+,30-,32-,33-/m1/s1. The summed E-state index contributed by atoms with van der Waals surface area (Å²) in [6.07, 6.45) is 12.5. The van der Waals surface area contributed by atoms with Crippen LogP contribution < -0.4 is 0 Å². The number of carbonyl (C=O) groups excluding carboxylic acids is 3. The third kappa shape index (κ3) is 5.95. The first-order chi connectivity index (χ1) is 18.2. The fourth-order valence-corrected chi connectivity index (χ4v) is 9.80. The number of fused-ring (bicyclic) bond motifs is 5. The molecule has 4 aliphatic carbocycles. The third-order valence-corrected chi connectivity index (χ3v) is 11.3. The van der Waals surface area contributed by atoms with E-state index < -0.39 is 17.8 Å². The lowest BCUT2D eigenvalue weighted by molar-refractivity contribution is -0.170. The molecule has 6 nitrogen and oxygen atoms in total. The van der Waals surface area contributed by atoms with Crippen molar-refractivity contribution in [2.75, 3.05) is 0 Å². The molecule has 0 spiro atoms. The molecule has 39 heavy (non-hydrogen) atoms. The molecule has 9 atom stereocenters. The van der Waals surface area contributed by atoms with Crippen molar-refractivity contribution in [1.82, 2.24) is 0 Å². The van der Waals surface area contributed by atoms with Gasteiger partial charge in [0.25, 0.3) is 0 Å². The van der Waals surface area contributed by atoms with Crippen LogP contribution in [0.5, 0.6) is 0 Å². The molecular weight excluding hydrogens is 492 g/mol. The molecule has 3 fully saturated rings. The summed E-state index contributed by atoms with van der Waals surface area (Å²) >= 11 is 0. The zero-order valence-corrected chi connectivity index (χ0v) is 25.6. The van der Waals surface area contributed by atoms with E-state index in [2.05, 4.69) is 26.8 Å². The maximum atomic E-state index is 12.1. The number of hydrogen-bond donors (Lipinski definition) is 0. The molecule has 0 heterocycles. The van der Waals surface area contributed by atoms with Gasteiger partial charge in [-0.3, -0.25) is 14.4 Å². The van der Waals surface area contributed by atoms with Crippen molar-refractivity contribution in [3.63, 3.8) is 0 Å². The Kier molecular flexibility index (Phi) is 8.65. The van der Waals surface area contributed by atoms with E-state index >= 15 is 0 Å². The van der Waals surface area contributed by atoms with Gasteiger partial charge in [0.15, 0.2) is 6.10 Å². The summed E-state index contributed by atoms with van der Waals surface area (Å²) in [5, 5.41) is 0. The van der Waals surface area contributed by atoms with Gasteiger partial charge in [0.2, 0.25) is 0 Å². The van der Waals surface area contributed by atoms with Gasteiger partial charge in [0, 0.05) is 20.8 Å². The molecular formula is C33H52O6. The van der Waals surface area contributed by atoms with Gasteiger partial charge in [-0.2, -0.15) is 0 Å². The van der Waals surface area contributed by atoms with Crippen LogP contribution in [-0.4, -0.2) is 35.7 Å². The molecule has 0 aromatic heterocycles. The lowest BCUT2D eigenvalue weighted by atomic mass is 9.46. The van der Waals surface area contributed by atoms with Crippen molar-refractivity contribution in [1.29, 1.82) is 0 Å². The quantitative estimate of drug-likeness (QED) is 0.183. The minimum absolute atomic E-state index is 0.0208. The molecule has 0 aromatic carbocycles. The Labute approximate surface area is 236 Å². The van der Waals surface area contributed by atoms with E-state index in [0.29, 0.717) is 29.1 Å². The van der Waals surface area contributed by atoms with Crippen LogP contribution in [-0.2, 0) is 28.6 Å². The average molecular weight is 545 g/mol. The summed E-state index contributed by atoms with van der Waals surface area (Å²) in [7, 11) is 0. The Hall–Kier alpha value is -1.85. The minimum Gasteiger partial charge on any atom is -0.460 e. The van der Waals surface area contributed by atoms with Crippen molar-refractivity contribution in [3.05, 3.63) is 11.6 Å². The van der Waals surface area contributed by atoms with E-state index in [9.17, 15) is 14.4 Å². The number of esters is 3. The second kappa shape index (κ2) is 11.2. The molecule has 3 saturated carbocycles. The highest BCUT2D eigenvalue weighted by molar-refractivity contribution is 5.68. The first kappa shape index (κ1) is 30.1. The van der Waals surface area contributed by atoms with Gasteiger partial charge in [-0.1, -0.05) is 33.3 Å². The Bertz CT molecular complexity index is 983. The summed E-state index contributed by atoms with van der Waals surface area (Å²) in [6.45, 7) is 15.8. The fourth-order valence-electron chi connectivity index (χ4n) is 9.80. The van der Waals surface area contributed by atoms with Crippen LogP contribution in [0.4, 0.5) is 0 Å². The minimum atomic E-state index is -0.466. The van der Waals surface area contributed by atoms with E-state index in [0.717, 1.165) is 38.0 Å². The van der Waals surface area contributed by atoms with Crippen molar-refractivity contribution < 1.29 is 28.6 Å². The highest BCUT2D eigenvalue weighted by Crippen LogP contribution is 2.67. The topological polar surface area (TPSA) is 78.9 Å². The SMILES string of the molecule is CC(=O)O[C@H]1CC[C@@]2(C)C(=CC[C@H]3[C@@H]4CC[C@H]([C@H](C)CCCC(C)(C)OC(C)=O)[C@@]4(C)CC[C@@H]32)[C@H]1OC(C)=O. The first-order valence-corrected chi connectivity index (χ1v) is 15.4. The van der Waals surface area contributed by atoms with E-state index in [1.54, 1.807) is 0 Å². The number of rotatable bonds is 8. The molecule has 0 aliphatic heterocycles. The molecule has 0 unspecified atom stereocenters. The van der Waals surface area contributed by atoms with E-state index in [-0.39, 0.29) is 23.3 Å². The highest BCUT2D eigenvalue weighted by atomic mass is 16.6. The largest absolute Gasteiger partial charge is 0.460 e. The molecule has 6 heteroatoms. The third-order valence-electron chi connectivity index (χ3n) is 11.3. The molecule has 0 aromatic rings. The second-order valence-corrected chi connectivity index (χ2v) is 14.4. The van der Waals surface area contributed by atoms with Crippen molar-refractivity contribution >= 4 is 17.9 Å².